The van der Waals surface area contributed by atoms with Gasteiger partial charge in [-0.2, -0.15) is 5.10 Å². The quantitative estimate of drug-likeness (QED) is 0.671. The minimum absolute atomic E-state index is 0.811. The van der Waals surface area contributed by atoms with Crippen LogP contribution in [0.1, 0.15) is 6.92 Å². The molecule has 0 unspecified atom stereocenters. The third kappa shape index (κ3) is 1.58. The van der Waals surface area contributed by atoms with Crippen LogP contribution in [0.3, 0.4) is 0 Å². The number of hydrogen-bond donors (Lipinski definition) is 0. The van der Waals surface area contributed by atoms with E-state index in [1.165, 1.54) is 0 Å². The first-order chi connectivity index (χ1) is 8.40. The van der Waals surface area contributed by atoms with Crippen LogP contribution in [0.4, 0.5) is 0 Å². The average Bonchev–Trinajstić information content (AvgIpc) is 2.86. The van der Waals surface area contributed by atoms with Crippen LogP contribution in [-0.2, 0) is 6.54 Å². The van der Waals surface area contributed by atoms with E-state index in [0.29, 0.717) is 0 Å². The summed E-state index contributed by atoms with van der Waals surface area (Å²) in [5.41, 5.74) is 2.06. The van der Waals surface area contributed by atoms with E-state index in [1.54, 1.807) is 12.5 Å². The topological polar surface area (TPSA) is 43.6 Å². The molecule has 0 amide bonds. The normalized spacial score (nSPS) is 10.9. The van der Waals surface area contributed by atoms with Gasteiger partial charge in [0, 0.05) is 23.7 Å². The lowest BCUT2D eigenvalue weighted by Crippen LogP contribution is -1.99. The lowest BCUT2D eigenvalue weighted by atomic mass is 10.1. The molecule has 4 nitrogen and oxygen atoms in total. The molecule has 2 heterocycles. The molecule has 0 bridgehead atoms. The van der Waals surface area contributed by atoms with Gasteiger partial charge in [0.15, 0.2) is 5.82 Å². The van der Waals surface area contributed by atoms with E-state index in [9.17, 15) is 0 Å². The molecule has 2 aromatic heterocycles. The number of pyridine rings is 1. The minimum atomic E-state index is 0.811. The van der Waals surface area contributed by atoms with Gasteiger partial charge >= 0.3 is 0 Å². The zero-order valence-corrected chi connectivity index (χ0v) is 9.54. The number of rotatable bonds is 2. The first-order valence-electron chi connectivity index (χ1n) is 5.62. The summed E-state index contributed by atoms with van der Waals surface area (Å²) in [6.07, 6.45) is 3.39. The molecule has 0 saturated heterocycles. The summed E-state index contributed by atoms with van der Waals surface area (Å²) in [5.74, 6) is 0.895. The molecule has 0 saturated carbocycles. The van der Waals surface area contributed by atoms with E-state index >= 15 is 0 Å². The molecule has 0 aliphatic rings. The van der Waals surface area contributed by atoms with Crippen LogP contribution in [0.5, 0.6) is 0 Å². The lowest BCUT2D eigenvalue weighted by Gasteiger charge is -2.06. The molecule has 0 N–H and O–H groups in total. The van der Waals surface area contributed by atoms with Crippen molar-refractivity contribution in [3.8, 4) is 11.4 Å². The monoisotopic (exact) mass is 224 g/mol. The fourth-order valence-electron chi connectivity index (χ4n) is 2.00. The highest BCUT2D eigenvalue weighted by atomic mass is 15.3. The second-order valence-electron chi connectivity index (χ2n) is 3.78. The Morgan fingerprint density at radius 3 is 2.94 bits per heavy atom. The SMILES string of the molecule is CCn1ncnc1-c1cccc2ncccc12. The Labute approximate surface area is 98.9 Å². The number of nitrogens with zero attached hydrogens (tertiary/aromatic N) is 4. The van der Waals surface area contributed by atoms with E-state index < -0.39 is 0 Å². The van der Waals surface area contributed by atoms with Crippen molar-refractivity contribution in [1.29, 1.82) is 0 Å². The van der Waals surface area contributed by atoms with Crippen LogP contribution >= 0.6 is 0 Å². The number of benzene rings is 1. The average molecular weight is 224 g/mol. The molecule has 3 aromatic rings. The summed E-state index contributed by atoms with van der Waals surface area (Å²) in [7, 11) is 0. The fraction of sp³-hybridized carbons (Fsp3) is 0.154. The van der Waals surface area contributed by atoms with Gasteiger partial charge in [0.1, 0.15) is 6.33 Å². The number of fused-ring (bicyclic) bond motifs is 1. The van der Waals surface area contributed by atoms with E-state index in [4.69, 9.17) is 0 Å². The smallest absolute Gasteiger partial charge is 0.158 e. The van der Waals surface area contributed by atoms with Gasteiger partial charge in [-0.25, -0.2) is 9.67 Å². The van der Waals surface area contributed by atoms with Crippen LogP contribution in [0, 0.1) is 0 Å². The maximum Gasteiger partial charge on any atom is 0.158 e. The molecule has 0 spiro atoms. The summed E-state index contributed by atoms with van der Waals surface area (Å²) in [6.45, 7) is 2.87. The second-order valence-corrected chi connectivity index (χ2v) is 3.78. The summed E-state index contributed by atoms with van der Waals surface area (Å²) >= 11 is 0. The molecular weight excluding hydrogens is 212 g/mol. The Balaban J connectivity index is 2.31. The van der Waals surface area contributed by atoms with Crippen molar-refractivity contribution >= 4 is 10.9 Å². The summed E-state index contributed by atoms with van der Waals surface area (Å²) in [5, 5.41) is 5.31. The molecule has 0 fully saturated rings. The van der Waals surface area contributed by atoms with Crippen molar-refractivity contribution in [3.05, 3.63) is 42.9 Å². The Morgan fingerprint density at radius 2 is 2.06 bits per heavy atom. The zero-order chi connectivity index (χ0) is 11.7. The molecular formula is C13H12N4. The first kappa shape index (κ1) is 9.96. The molecule has 17 heavy (non-hydrogen) atoms. The highest BCUT2D eigenvalue weighted by Gasteiger charge is 2.09. The van der Waals surface area contributed by atoms with Gasteiger partial charge in [-0.05, 0) is 19.1 Å². The molecule has 0 aliphatic carbocycles. The summed E-state index contributed by atoms with van der Waals surface area (Å²) < 4.78 is 1.89. The fourth-order valence-corrected chi connectivity index (χ4v) is 2.00. The molecule has 0 radical (unpaired) electrons. The molecule has 4 heteroatoms. The van der Waals surface area contributed by atoms with Crippen LogP contribution < -0.4 is 0 Å². The molecule has 0 aliphatic heterocycles. The Hall–Kier alpha value is -2.23. The van der Waals surface area contributed by atoms with Crippen molar-refractivity contribution in [2.45, 2.75) is 13.5 Å². The zero-order valence-electron chi connectivity index (χ0n) is 9.54. The van der Waals surface area contributed by atoms with E-state index in [-0.39, 0.29) is 0 Å². The predicted octanol–water partition coefficient (Wildman–Crippen LogP) is 2.51. The van der Waals surface area contributed by atoms with Gasteiger partial charge in [0.25, 0.3) is 0 Å². The van der Waals surface area contributed by atoms with Gasteiger partial charge < -0.3 is 0 Å². The maximum absolute atomic E-state index is 4.35. The van der Waals surface area contributed by atoms with E-state index in [0.717, 1.165) is 28.8 Å². The number of aromatic nitrogens is 4. The van der Waals surface area contributed by atoms with E-state index in [1.807, 2.05) is 22.9 Å². The lowest BCUT2D eigenvalue weighted by molar-refractivity contribution is 0.666. The van der Waals surface area contributed by atoms with E-state index in [2.05, 4.69) is 34.1 Å². The highest BCUT2D eigenvalue weighted by Crippen LogP contribution is 2.25. The molecule has 1 aromatic carbocycles. The minimum Gasteiger partial charge on any atom is -0.256 e. The van der Waals surface area contributed by atoms with Gasteiger partial charge in [-0.3, -0.25) is 4.98 Å². The Bertz CT molecular complexity index is 652. The predicted molar refractivity (Wildman–Crippen MR) is 66.4 cm³/mol. The summed E-state index contributed by atoms with van der Waals surface area (Å²) in [4.78, 5) is 8.68. The van der Waals surface area contributed by atoms with Crippen molar-refractivity contribution in [1.82, 2.24) is 19.7 Å². The van der Waals surface area contributed by atoms with Gasteiger partial charge in [-0.15, -0.1) is 0 Å². The Morgan fingerprint density at radius 1 is 1.12 bits per heavy atom. The number of hydrogen-bond acceptors (Lipinski definition) is 3. The van der Waals surface area contributed by atoms with Gasteiger partial charge in [0.05, 0.1) is 5.52 Å². The molecule has 84 valence electrons. The largest absolute Gasteiger partial charge is 0.256 e. The van der Waals surface area contributed by atoms with Crippen LogP contribution in [-0.4, -0.2) is 19.7 Å². The molecule has 3 rings (SSSR count). The van der Waals surface area contributed by atoms with Crippen molar-refractivity contribution in [2.24, 2.45) is 0 Å². The van der Waals surface area contributed by atoms with Crippen LogP contribution in [0.25, 0.3) is 22.3 Å². The Kier molecular flexibility index (Phi) is 2.33. The maximum atomic E-state index is 4.35. The van der Waals surface area contributed by atoms with Crippen LogP contribution in [0.2, 0.25) is 0 Å². The highest BCUT2D eigenvalue weighted by molar-refractivity contribution is 5.92. The van der Waals surface area contributed by atoms with Gasteiger partial charge in [-0.1, -0.05) is 18.2 Å². The summed E-state index contributed by atoms with van der Waals surface area (Å²) in [6, 6.07) is 10.1. The van der Waals surface area contributed by atoms with Crippen molar-refractivity contribution in [3.63, 3.8) is 0 Å². The van der Waals surface area contributed by atoms with Crippen molar-refractivity contribution < 1.29 is 0 Å². The first-order valence-corrected chi connectivity index (χ1v) is 5.62. The second kappa shape index (κ2) is 3.97. The molecule has 0 atom stereocenters. The standard InChI is InChI=1S/C13H12N4/c1-2-17-13(15-9-16-17)11-5-3-7-12-10(11)6-4-8-14-12/h3-9H,2H2,1H3. The van der Waals surface area contributed by atoms with Gasteiger partial charge in [0.2, 0.25) is 0 Å². The van der Waals surface area contributed by atoms with Crippen molar-refractivity contribution in [2.75, 3.05) is 0 Å². The third-order valence-electron chi connectivity index (χ3n) is 2.80. The number of aryl methyl sites for hydroxylation is 1. The third-order valence-corrected chi connectivity index (χ3v) is 2.80. The van der Waals surface area contributed by atoms with Crippen LogP contribution in [0.15, 0.2) is 42.9 Å².